The van der Waals surface area contributed by atoms with Gasteiger partial charge in [-0.1, -0.05) is 6.07 Å². The minimum Gasteiger partial charge on any atom is -0.321 e. The zero-order valence-electron chi connectivity index (χ0n) is 10.9. The fourth-order valence-electron chi connectivity index (χ4n) is 2.09. The first kappa shape index (κ1) is 13.6. The van der Waals surface area contributed by atoms with Crippen LogP contribution in [0.25, 0.3) is 10.9 Å². The van der Waals surface area contributed by atoms with Crippen molar-refractivity contribution < 1.29 is 9.18 Å². The Hall–Kier alpha value is -2.40. The zero-order valence-corrected chi connectivity index (χ0v) is 11.8. The maximum Gasteiger partial charge on any atom is 0.258 e. The number of nitrogens with zero attached hydrogens (tertiary/aromatic N) is 1. The van der Waals surface area contributed by atoms with Gasteiger partial charge in [0.25, 0.3) is 5.91 Å². The highest BCUT2D eigenvalue weighted by Gasteiger charge is 2.13. The quantitative estimate of drug-likeness (QED) is 0.704. The fourth-order valence-corrected chi connectivity index (χ4v) is 2.29. The van der Waals surface area contributed by atoms with Crippen molar-refractivity contribution in [1.82, 2.24) is 4.98 Å². The molecule has 0 aliphatic heterocycles. The molecule has 0 bridgehead atoms. The van der Waals surface area contributed by atoms with Crippen molar-refractivity contribution in [2.24, 2.45) is 0 Å². The van der Waals surface area contributed by atoms with Crippen LogP contribution in [0.5, 0.6) is 0 Å². The molecule has 1 N–H and O–H groups in total. The lowest BCUT2D eigenvalue weighted by Crippen LogP contribution is -2.14. The lowest BCUT2D eigenvalue weighted by Gasteiger charge is -2.09. The van der Waals surface area contributed by atoms with Gasteiger partial charge in [-0.05, 0) is 42.5 Å². The summed E-state index contributed by atoms with van der Waals surface area (Å²) in [6.07, 6.45) is 1.68. The summed E-state index contributed by atoms with van der Waals surface area (Å²) < 4.78 is 13.7. The van der Waals surface area contributed by atoms with Crippen molar-refractivity contribution in [2.45, 2.75) is 4.90 Å². The number of benzene rings is 2. The number of pyridine rings is 1. The van der Waals surface area contributed by atoms with Gasteiger partial charge in [0.15, 0.2) is 0 Å². The number of halogens is 1. The Labute approximate surface area is 126 Å². The van der Waals surface area contributed by atoms with Crippen LogP contribution in [0.15, 0.2) is 59.6 Å². The molecule has 0 aliphatic rings. The van der Waals surface area contributed by atoms with Crippen LogP contribution in [-0.2, 0) is 0 Å². The van der Waals surface area contributed by atoms with E-state index in [4.69, 9.17) is 0 Å². The van der Waals surface area contributed by atoms with Crippen molar-refractivity contribution in [3.63, 3.8) is 0 Å². The number of hydrogen-bond acceptors (Lipinski definition) is 3. The van der Waals surface area contributed by atoms with E-state index in [2.05, 4.69) is 22.9 Å². The van der Waals surface area contributed by atoms with Crippen LogP contribution in [-0.4, -0.2) is 10.9 Å². The molecule has 1 amide bonds. The molecule has 1 aromatic heterocycles. The van der Waals surface area contributed by atoms with E-state index in [1.54, 1.807) is 24.4 Å². The molecule has 0 fully saturated rings. The predicted molar refractivity (Wildman–Crippen MR) is 83.3 cm³/mol. The first-order valence-corrected chi connectivity index (χ1v) is 6.73. The molecule has 0 saturated carbocycles. The van der Waals surface area contributed by atoms with Crippen LogP contribution in [0, 0.1) is 5.82 Å². The summed E-state index contributed by atoms with van der Waals surface area (Å²) in [4.78, 5) is 17.0. The van der Waals surface area contributed by atoms with Crippen molar-refractivity contribution in [1.29, 1.82) is 0 Å². The predicted octanol–water partition coefficient (Wildman–Crippen LogP) is 3.91. The van der Waals surface area contributed by atoms with Crippen molar-refractivity contribution in [2.75, 3.05) is 5.32 Å². The molecule has 0 radical (unpaired) electrons. The Morgan fingerprint density at radius 2 is 2.00 bits per heavy atom. The monoisotopic (exact) mass is 298 g/mol. The van der Waals surface area contributed by atoms with Gasteiger partial charge < -0.3 is 5.32 Å². The number of nitrogens with one attached hydrogen (secondary N) is 1. The van der Waals surface area contributed by atoms with Crippen molar-refractivity contribution in [3.05, 3.63) is 66.1 Å². The molecule has 0 spiro atoms. The Balaban J connectivity index is 1.99. The summed E-state index contributed by atoms with van der Waals surface area (Å²) in [5.41, 5.74) is 1.32. The number of anilines is 1. The number of carbonyl (C=O) groups is 1. The van der Waals surface area contributed by atoms with E-state index in [0.29, 0.717) is 10.6 Å². The summed E-state index contributed by atoms with van der Waals surface area (Å²) in [6, 6.07) is 13.1. The Morgan fingerprint density at radius 1 is 1.14 bits per heavy atom. The highest BCUT2D eigenvalue weighted by atomic mass is 32.1. The van der Waals surface area contributed by atoms with Gasteiger partial charge in [-0.3, -0.25) is 9.78 Å². The molecule has 2 aromatic carbocycles. The van der Waals surface area contributed by atoms with E-state index in [1.165, 1.54) is 18.2 Å². The highest BCUT2D eigenvalue weighted by Crippen LogP contribution is 2.23. The Morgan fingerprint density at radius 3 is 2.86 bits per heavy atom. The lowest BCUT2D eigenvalue weighted by atomic mass is 10.1. The second-order valence-corrected chi connectivity index (χ2v) is 5.01. The third-order valence-electron chi connectivity index (χ3n) is 3.09. The minimum absolute atomic E-state index is 0.0385. The topological polar surface area (TPSA) is 42.0 Å². The Bertz CT molecular complexity index is 830. The van der Waals surface area contributed by atoms with E-state index in [0.717, 1.165) is 10.9 Å². The molecule has 5 heteroatoms. The van der Waals surface area contributed by atoms with Gasteiger partial charge in [0.05, 0.1) is 16.8 Å². The van der Waals surface area contributed by atoms with Gasteiger partial charge >= 0.3 is 0 Å². The van der Waals surface area contributed by atoms with E-state index in [9.17, 15) is 9.18 Å². The molecule has 21 heavy (non-hydrogen) atoms. The molecule has 104 valence electrons. The number of aromatic nitrogens is 1. The average molecular weight is 298 g/mol. The molecule has 1 heterocycles. The van der Waals surface area contributed by atoms with Gasteiger partial charge in [0.1, 0.15) is 5.82 Å². The van der Waals surface area contributed by atoms with Crippen LogP contribution in [0.1, 0.15) is 10.4 Å². The van der Waals surface area contributed by atoms with Gasteiger partial charge in [0.2, 0.25) is 0 Å². The second kappa shape index (κ2) is 5.54. The van der Waals surface area contributed by atoms with E-state index < -0.39 is 11.7 Å². The first-order chi connectivity index (χ1) is 10.1. The van der Waals surface area contributed by atoms with E-state index in [1.807, 2.05) is 12.1 Å². The molecule has 0 aliphatic carbocycles. The summed E-state index contributed by atoms with van der Waals surface area (Å²) in [5, 5.41) is 3.52. The molecule has 3 nitrogen and oxygen atoms in total. The number of amides is 1. The summed E-state index contributed by atoms with van der Waals surface area (Å²) >= 11 is 4.12. The van der Waals surface area contributed by atoms with Crippen LogP contribution in [0.4, 0.5) is 10.1 Å². The standard InChI is InChI=1S/C16H11FN2OS/c17-13-7-6-10(21)9-12(13)16(20)19-15-5-1-4-14-11(15)3-2-8-18-14/h1-9,21H,(H,19,20). The molecule has 3 aromatic rings. The molecular weight excluding hydrogens is 287 g/mol. The van der Waals surface area contributed by atoms with Gasteiger partial charge in [0, 0.05) is 16.5 Å². The van der Waals surface area contributed by atoms with Crippen LogP contribution < -0.4 is 5.32 Å². The number of thiol groups is 1. The van der Waals surface area contributed by atoms with Crippen molar-refractivity contribution in [3.8, 4) is 0 Å². The zero-order chi connectivity index (χ0) is 14.8. The van der Waals surface area contributed by atoms with Gasteiger partial charge in [-0.25, -0.2) is 4.39 Å². The second-order valence-electron chi connectivity index (χ2n) is 4.49. The number of fused-ring (bicyclic) bond motifs is 1. The SMILES string of the molecule is O=C(Nc1cccc2ncccc12)c1cc(S)ccc1F. The highest BCUT2D eigenvalue weighted by molar-refractivity contribution is 7.80. The first-order valence-electron chi connectivity index (χ1n) is 6.29. The Kier molecular flexibility index (Phi) is 3.58. The lowest BCUT2D eigenvalue weighted by molar-refractivity contribution is 0.102. The molecule has 0 unspecified atom stereocenters. The third-order valence-corrected chi connectivity index (χ3v) is 3.37. The number of rotatable bonds is 2. The summed E-state index contributed by atoms with van der Waals surface area (Å²) in [6.45, 7) is 0. The van der Waals surface area contributed by atoms with Gasteiger partial charge in [-0.15, -0.1) is 12.6 Å². The van der Waals surface area contributed by atoms with E-state index >= 15 is 0 Å². The molecule has 3 rings (SSSR count). The van der Waals surface area contributed by atoms with Crippen LogP contribution >= 0.6 is 12.6 Å². The normalized spacial score (nSPS) is 10.6. The smallest absolute Gasteiger partial charge is 0.258 e. The number of hydrogen-bond donors (Lipinski definition) is 2. The molecule has 0 saturated heterocycles. The minimum atomic E-state index is -0.580. The van der Waals surface area contributed by atoms with Gasteiger partial charge in [-0.2, -0.15) is 0 Å². The maximum absolute atomic E-state index is 13.7. The summed E-state index contributed by atoms with van der Waals surface area (Å²) in [7, 11) is 0. The van der Waals surface area contributed by atoms with Crippen LogP contribution in [0.2, 0.25) is 0 Å². The largest absolute Gasteiger partial charge is 0.321 e. The average Bonchev–Trinajstić information content (AvgIpc) is 2.50. The van der Waals surface area contributed by atoms with E-state index in [-0.39, 0.29) is 5.56 Å². The van der Waals surface area contributed by atoms with Crippen LogP contribution in [0.3, 0.4) is 0 Å². The third kappa shape index (κ3) is 2.73. The number of carbonyl (C=O) groups excluding carboxylic acids is 1. The molecular formula is C16H11FN2OS. The maximum atomic E-state index is 13.7. The molecule has 0 atom stereocenters. The summed E-state index contributed by atoms with van der Waals surface area (Å²) in [5.74, 6) is -1.09. The van der Waals surface area contributed by atoms with Crippen molar-refractivity contribution >= 4 is 35.1 Å². The fraction of sp³-hybridized carbons (Fsp3) is 0.